The number of benzene rings is 1. The Balaban J connectivity index is 2.39. The van der Waals surface area contributed by atoms with Gasteiger partial charge in [-0.15, -0.1) is 0 Å². The van der Waals surface area contributed by atoms with Crippen LogP contribution in [0.5, 0.6) is 11.5 Å². The molecule has 0 atom stereocenters. The van der Waals surface area contributed by atoms with E-state index in [1.165, 1.54) is 24.4 Å². The van der Waals surface area contributed by atoms with Gasteiger partial charge < -0.3 is 15.6 Å². The van der Waals surface area contributed by atoms with Gasteiger partial charge in [-0.1, -0.05) is 6.07 Å². The van der Waals surface area contributed by atoms with Gasteiger partial charge in [0.2, 0.25) is 0 Å². The van der Waals surface area contributed by atoms with E-state index in [2.05, 4.69) is 4.98 Å². The number of aromatic carboxylic acids is 1. The van der Waals surface area contributed by atoms with Crippen molar-refractivity contribution in [1.82, 2.24) is 4.98 Å². The molecule has 6 nitrogen and oxygen atoms in total. The highest BCUT2D eigenvalue weighted by Gasteiger charge is 2.13. The minimum atomic E-state index is -1.09. The van der Waals surface area contributed by atoms with E-state index in [-0.39, 0.29) is 17.0 Å². The highest BCUT2D eigenvalue weighted by molar-refractivity contribution is 5.92. The summed E-state index contributed by atoms with van der Waals surface area (Å²) >= 11 is 0. The number of aryl methyl sites for hydroxylation is 1. The van der Waals surface area contributed by atoms with Crippen LogP contribution in [0.1, 0.15) is 26.4 Å². The summed E-state index contributed by atoms with van der Waals surface area (Å²) in [6.45, 7) is 1.82. The van der Waals surface area contributed by atoms with Crippen LogP contribution in [0.3, 0.4) is 0 Å². The van der Waals surface area contributed by atoms with Crippen molar-refractivity contribution in [3.05, 3.63) is 53.3 Å². The van der Waals surface area contributed by atoms with E-state index in [1.54, 1.807) is 12.1 Å². The second-order valence-corrected chi connectivity index (χ2v) is 4.15. The molecule has 1 heterocycles. The summed E-state index contributed by atoms with van der Waals surface area (Å²) in [5, 5.41) is 9.11. The number of carboxylic acid groups (broad SMARTS) is 1. The molecular formula is C14H12N2O4. The number of ether oxygens (including phenoxy) is 1. The third-order valence-corrected chi connectivity index (χ3v) is 2.58. The minimum Gasteiger partial charge on any atom is -0.478 e. The molecule has 1 aromatic carbocycles. The van der Waals surface area contributed by atoms with E-state index in [9.17, 15) is 9.59 Å². The van der Waals surface area contributed by atoms with Crippen LogP contribution < -0.4 is 10.5 Å². The number of hydrogen-bond donors (Lipinski definition) is 2. The molecule has 0 fully saturated rings. The fourth-order valence-corrected chi connectivity index (χ4v) is 1.63. The third-order valence-electron chi connectivity index (χ3n) is 2.58. The molecule has 0 aliphatic rings. The molecule has 6 heteroatoms. The number of carbonyl (C=O) groups excluding carboxylic acids is 1. The Kier molecular flexibility index (Phi) is 3.65. The first kappa shape index (κ1) is 13.5. The Morgan fingerprint density at radius 2 is 2.00 bits per heavy atom. The molecule has 1 amide bonds. The molecule has 102 valence electrons. The average molecular weight is 272 g/mol. The number of aromatic nitrogens is 1. The summed E-state index contributed by atoms with van der Waals surface area (Å²) < 4.78 is 5.51. The lowest BCUT2D eigenvalue weighted by Crippen LogP contribution is -2.12. The maximum Gasteiger partial charge on any atom is 0.339 e. The lowest BCUT2D eigenvalue weighted by molar-refractivity contribution is 0.0694. The van der Waals surface area contributed by atoms with Gasteiger partial charge in [0.15, 0.2) is 0 Å². The molecule has 2 aromatic rings. The van der Waals surface area contributed by atoms with Crippen molar-refractivity contribution in [1.29, 1.82) is 0 Å². The van der Waals surface area contributed by atoms with E-state index in [4.69, 9.17) is 15.6 Å². The average Bonchev–Trinajstić information content (AvgIpc) is 2.38. The van der Waals surface area contributed by atoms with Gasteiger partial charge in [-0.3, -0.25) is 9.78 Å². The zero-order valence-electron chi connectivity index (χ0n) is 10.7. The van der Waals surface area contributed by atoms with Gasteiger partial charge in [-0.05, 0) is 30.7 Å². The molecule has 3 N–H and O–H groups in total. The molecule has 0 radical (unpaired) electrons. The molecule has 0 aliphatic carbocycles. The first-order valence-electron chi connectivity index (χ1n) is 5.75. The molecule has 0 aliphatic heterocycles. The summed E-state index contributed by atoms with van der Waals surface area (Å²) in [6, 6.07) is 7.62. The van der Waals surface area contributed by atoms with Crippen molar-refractivity contribution in [2.75, 3.05) is 0 Å². The van der Waals surface area contributed by atoms with Gasteiger partial charge in [-0.2, -0.15) is 0 Å². The van der Waals surface area contributed by atoms with Crippen molar-refractivity contribution in [3.63, 3.8) is 0 Å². The summed E-state index contributed by atoms with van der Waals surface area (Å²) in [4.78, 5) is 26.0. The zero-order chi connectivity index (χ0) is 14.7. The number of nitrogens with two attached hydrogens (primary N) is 1. The maximum absolute atomic E-state index is 11.1. The van der Waals surface area contributed by atoms with Crippen molar-refractivity contribution >= 4 is 11.9 Å². The Hall–Kier alpha value is -2.89. The van der Waals surface area contributed by atoms with Crippen LogP contribution in [0.25, 0.3) is 0 Å². The molecule has 2 rings (SSSR count). The van der Waals surface area contributed by atoms with Crippen LogP contribution in [0.4, 0.5) is 0 Å². The summed E-state index contributed by atoms with van der Waals surface area (Å²) in [5.74, 6) is -1.29. The van der Waals surface area contributed by atoms with Gasteiger partial charge in [0.05, 0.1) is 0 Å². The van der Waals surface area contributed by atoms with Crippen LogP contribution in [0, 0.1) is 6.92 Å². The Morgan fingerprint density at radius 3 is 2.65 bits per heavy atom. The number of hydrogen-bond acceptors (Lipinski definition) is 4. The molecule has 0 saturated carbocycles. The Morgan fingerprint density at radius 1 is 1.25 bits per heavy atom. The van der Waals surface area contributed by atoms with Gasteiger partial charge in [0.1, 0.15) is 22.8 Å². The van der Waals surface area contributed by atoms with Crippen molar-refractivity contribution in [3.8, 4) is 11.5 Å². The van der Waals surface area contributed by atoms with Crippen molar-refractivity contribution in [2.45, 2.75) is 6.92 Å². The Bertz CT molecular complexity index is 683. The second-order valence-electron chi connectivity index (χ2n) is 4.15. The lowest BCUT2D eigenvalue weighted by atomic mass is 10.1. The standard InChI is InChI=1S/C14H12N2O4/c1-8-2-3-10(14(18)19)12(6-8)20-9-4-5-16-11(7-9)13(15)17/h2-7H,1H3,(H2,15,17)(H,18,19). The number of amides is 1. The molecule has 0 spiro atoms. The van der Waals surface area contributed by atoms with E-state index in [1.807, 2.05) is 6.92 Å². The first-order valence-corrected chi connectivity index (χ1v) is 5.75. The van der Waals surface area contributed by atoms with Crippen molar-refractivity contribution < 1.29 is 19.4 Å². The van der Waals surface area contributed by atoms with Gasteiger partial charge in [0.25, 0.3) is 5.91 Å². The quantitative estimate of drug-likeness (QED) is 0.885. The molecule has 20 heavy (non-hydrogen) atoms. The highest BCUT2D eigenvalue weighted by Crippen LogP contribution is 2.26. The first-order chi connectivity index (χ1) is 9.47. The predicted molar refractivity (Wildman–Crippen MR) is 71.0 cm³/mol. The largest absolute Gasteiger partial charge is 0.478 e. The van der Waals surface area contributed by atoms with Crippen molar-refractivity contribution in [2.24, 2.45) is 5.73 Å². The van der Waals surface area contributed by atoms with E-state index >= 15 is 0 Å². The van der Waals surface area contributed by atoms with Gasteiger partial charge >= 0.3 is 5.97 Å². The number of nitrogens with zero attached hydrogens (tertiary/aromatic N) is 1. The smallest absolute Gasteiger partial charge is 0.339 e. The highest BCUT2D eigenvalue weighted by atomic mass is 16.5. The number of pyridine rings is 1. The SMILES string of the molecule is Cc1ccc(C(=O)O)c(Oc2ccnc(C(N)=O)c2)c1. The van der Waals surface area contributed by atoms with Crippen LogP contribution in [-0.4, -0.2) is 22.0 Å². The van der Waals surface area contributed by atoms with Gasteiger partial charge in [0, 0.05) is 12.3 Å². The van der Waals surface area contributed by atoms with E-state index in [0.717, 1.165) is 5.56 Å². The monoisotopic (exact) mass is 272 g/mol. The number of primary amides is 1. The fraction of sp³-hybridized carbons (Fsp3) is 0.0714. The molecule has 0 unspecified atom stereocenters. The number of rotatable bonds is 4. The molecule has 0 saturated heterocycles. The molecular weight excluding hydrogens is 260 g/mol. The third kappa shape index (κ3) is 2.92. The molecule has 0 bridgehead atoms. The minimum absolute atomic E-state index is 0.0352. The van der Waals surface area contributed by atoms with E-state index < -0.39 is 11.9 Å². The van der Waals surface area contributed by atoms with Crippen LogP contribution in [-0.2, 0) is 0 Å². The topological polar surface area (TPSA) is 103 Å². The number of carbonyl (C=O) groups is 2. The fourth-order valence-electron chi connectivity index (χ4n) is 1.63. The van der Waals surface area contributed by atoms with Crippen LogP contribution in [0.2, 0.25) is 0 Å². The predicted octanol–water partition coefficient (Wildman–Crippen LogP) is 1.98. The van der Waals surface area contributed by atoms with Crippen LogP contribution in [0.15, 0.2) is 36.5 Å². The Labute approximate surface area is 114 Å². The van der Waals surface area contributed by atoms with Gasteiger partial charge in [-0.25, -0.2) is 4.79 Å². The normalized spacial score (nSPS) is 10.1. The van der Waals surface area contributed by atoms with E-state index in [0.29, 0.717) is 5.75 Å². The van der Waals surface area contributed by atoms with Crippen LogP contribution >= 0.6 is 0 Å². The summed E-state index contributed by atoms with van der Waals surface area (Å²) in [5.41, 5.74) is 6.07. The lowest BCUT2D eigenvalue weighted by Gasteiger charge is -2.10. The summed E-state index contributed by atoms with van der Waals surface area (Å²) in [6.07, 6.45) is 1.37. The molecule has 1 aromatic heterocycles. The maximum atomic E-state index is 11.1. The number of carboxylic acids is 1. The second kappa shape index (κ2) is 5.40. The summed E-state index contributed by atoms with van der Waals surface area (Å²) in [7, 11) is 0. The zero-order valence-corrected chi connectivity index (χ0v) is 10.7.